The number of aromatic nitrogens is 2. The number of nitrogens with one attached hydrogen (secondary N) is 1. The molecule has 1 aromatic heterocycles. The van der Waals surface area contributed by atoms with E-state index >= 15 is 0 Å². The summed E-state index contributed by atoms with van der Waals surface area (Å²) in [5, 5.41) is 7.11. The minimum Gasteiger partial charge on any atom is -0.356 e. The van der Waals surface area contributed by atoms with Crippen molar-refractivity contribution >= 4 is 17.8 Å². The Kier molecular flexibility index (Phi) is 5.01. The predicted molar refractivity (Wildman–Crippen MR) is 94.6 cm³/mol. The van der Waals surface area contributed by atoms with Gasteiger partial charge in [0, 0.05) is 26.8 Å². The van der Waals surface area contributed by atoms with E-state index in [0.29, 0.717) is 13.0 Å². The number of hydrogen-bond donors (Lipinski definition) is 1. The second-order valence-corrected chi connectivity index (χ2v) is 6.24. The van der Waals surface area contributed by atoms with E-state index in [1.165, 1.54) is 19.0 Å². The molecular formula is C18H21N5O3. The maximum Gasteiger partial charge on any atom is 0.326 e. The molecule has 0 aliphatic carbocycles. The van der Waals surface area contributed by atoms with E-state index in [9.17, 15) is 14.4 Å². The van der Waals surface area contributed by atoms with Crippen LogP contribution in [0, 0.1) is 0 Å². The van der Waals surface area contributed by atoms with Gasteiger partial charge in [-0.1, -0.05) is 18.2 Å². The van der Waals surface area contributed by atoms with Crippen molar-refractivity contribution in [2.45, 2.75) is 18.9 Å². The molecule has 0 unspecified atom stereocenters. The van der Waals surface area contributed by atoms with Crippen LogP contribution >= 0.6 is 0 Å². The second kappa shape index (κ2) is 7.38. The molecule has 1 aliphatic heterocycles. The lowest BCUT2D eigenvalue weighted by atomic mass is 10.1. The zero-order valence-electron chi connectivity index (χ0n) is 14.8. The van der Waals surface area contributed by atoms with Crippen molar-refractivity contribution in [2.75, 3.05) is 20.6 Å². The van der Waals surface area contributed by atoms with Gasteiger partial charge in [0.15, 0.2) is 0 Å². The minimum absolute atomic E-state index is 0.0330. The molecule has 1 atom stereocenters. The number of carbonyl (C=O) groups excluding carboxylic acids is 3. The molecule has 8 heteroatoms. The zero-order valence-corrected chi connectivity index (χ0v) is 14.8. The standard InChI is InChI=1S/C18H21N5O3/c1-21-15(17(25)22(2)18(21)26)10-16(24)19-9-8-13-11-20-23(12-13)14-6-4-3-5-7-14/h3-7,11-12,15H,8-10H2,1-2H3,(H,19,24)/t15-/m0/s1. The van der Waals surface area contributed by atoms with E-state index in [0.717, 1.165) is 16.2 Å². The highest BCUT2D eigenvalue weighted by atomic mass is 16.2. The largest absolute Gasteiger partial charge is 0.356 e. The normalized spacial score (nSPS) is 17.1. The molecule has 1 aliphatic rings. The molecule has 4 amide bonds. The van der Waals surface area contributed by atoms with Crippen LogP contribution in [0.1, 0.15) is 12.0 Å². The first-order valence-corrected chi connectivity index (χ1v) is 8.37. The molecule has 3 rings (SSSR count). The van der Waals surface area contributed by atoms with Crippen LogP contribution in [0.3, 0.4) is 0 Å². The van der Waals surface area contributed by atoms with Crippen LogP contribution in [0.25, 0.3) is 5.69 Å². The van der Waals surface area contributed by atoms with Crippen molar-refractivity contribution < 1.29 is 14.4 Å². The third kappa shape index (κ3) is 3.58. The molecule has 2 aromatic rings. The minimum atomic E-state index is -0.728. The summed E-state index contributed by atoms with van der Waals surface area (Å²) >= 11 is 0. The summed E-state index contributed by atoms with van der Waals surface area (Å²) in [7, 11) is 2.95. The Morgan fingerprint density at radius 3 is 2.58 bits per heavy atom. The quantitative estimate of drug-likeness (QED) is 0.777. The first kappa shape index (κ1) is 17.7. The van der Waals surface area contributed by atoms with Crippen LogP contribution in [0.4, 0.5) is 4.79 Å². The Balaban J connectivity index is 1.48. The molecule has 0 spiro atoms. The molecule has 1 fully saturated rings. The Morgan fingerprint density at radius 1 is 1.19 bits per heavy atom. The van der Waals surface area contributed by atoms with Gasteiger partial charge < -0.3 is 10.2 Å². The van der Waals surface area contributed by atoms with E-state index in [4.69, 9.17) is 0 Å². The number of para-hydroxylation sites is 1. The number of rotatable bonds is 6. The molecular weight excluding hydrogens is 334 g/mol. The molecule has 0 bridgehead atoms. The number of urea groups is 1. The van der Waals surface area contributed by atoms with E-state index in [1.54, 1.807) is 10.9 Å². The summed E-state index contributed by atoms with van der Waals surface area (Å²) in [6.07, 6.45) is 4.28. The number of imide groups is 1. The highest BCUT2D eigenvalue weighted by Crippen LogP contribution is 2.16. The highest BCUT2D eigenvalue weighted by Gasteiger charge is 2.41. The Hall–Kier alpha value is -3.16. The van der Waals surface area contributed by atoms with Gasteiger partial charge in [-0.15, -0.1) is 0 Å². The number of likely N-dealkylation sites (N-methyl/N-ethyl adjacent to an activating group) is 2. The van der Waals surface area contributed by atoms with Gasteiger partial charge in [-0.2, -0.15) is 5.10 Å². The summed E-state index contributed by atoms with van der Waals surface area (Å²) in [6, 6.07) is 8.65. The lowest BCUT2D eigenvalue weighted by Gasteiger charge is -2.15. The Bertz CT molecular complexity index is 817. The molecule has 26 heavy (non-hydrogen) atoms. The van der Waals surface area contributed by atoms with E-state index in [1.807, 2.05) is 36.5 Å². The fourth-order valence-electron chi connectivity index (χ4n) is 2.88. The number of benzene rings is 1. The van der Waals surface area contributed by atoms with Gasteiger partial charge in [-0.3, -0.25) is 14.5 Å². The van der Waals surface area contributed by atoms with Gasteiger partial charge in [0.2, 0.25) is 5.91 Å². The smallest absolute Gasteiger partial charge is 0.326 e. The predicted octanol–water partition coefficient (Wildman–Crippen LogP) is 0.813. The Morgan fingerprint density at radius 2 is 1.92 bits per heavy atom. The summed E-state index contributed by atoms with van der Waals surface area (Å²) in [5.74, 6) is -0.606. The average molecular weight is 355 g/mol. The van der Waals surface area contributed by atoms with Gasteiger partial charge in [-0.25, -0.2) is 9.48 Å². The molecule has 136 valence electrons. The Labute approximate surface area is 151 Å². The number of carbonyl (C=O) groups is 3. The summed E-state index contributed by atoms with van der Waals surface area (Å²) in [4.78, 5) is 38.1. The molecule has 0 saturated carbocycles. The third-order valence-electron chi connectivity index (χ3n) is 4.44. The maximum absolute atomic E-state index is 12.1. The van der Waals surface area contributed by atoms with Gasteiger partial charge in [0.25, 0.3) is 5.91 Å². The van der Waals surface area contributed by atoms with Gasteiger partial charge in [0.1, 0.15) is 6.04 Å². The van der Waals surface area contributed by atoms with Crippen molar-refractivity contribution in [1.82, 2.24) is 24.9 Å². The van der Waals surface area contributed by atoms with Crippen molar-refractivity contribution in [3.8, 4) is 5.69 Å². The SMILES string of the molecule is CN1C(=O)[C@H](CC(=O)NCCc2cnn(-c3ccccc3)c2)N(C)C1=O. The first-order valence-electron chi connectivity index (χ1n) is 8.37. The highest BCUT2D eigenvalue weighted by molar-refractivity contribution is 6.05. The van der Waals surface area contributed by atoms with Gasteiger partial charge in [0.05, 0.1) is 18.3 Å². The second-order valence-electron chi connectivity index (χ2n) is 6.24. The van der Waals surface area contributed by atoms with E-state index in [-0.39, 0.29) is 24.3 Å². The monoisotopic (exact) mass is 355 g/mol. The maximum atomic E-state index is 12.1. The number of nitrogens with zero attached hydrogens (tertiary/aromatic N) is 4. The molecule has 2 heterocycles. The van der Waals surface area contributed by atoms with Crippen LogP contribution in [-0.4, -0.2) is 64.1 Å². The fourth-order valence-corrected chi connectivity index (χ4v) is 2.88. The van der Waals surface area contributed by atoms with Crippen LogP contribution in [0.5, 0.6) is 0 Å². The van der Waals surface area contributed by atoms with Gasteiger partial charge >= 0.3 is 6.03 Å². The average Bonchev–Trinajstić information content (AvgIpc) is 3.19. The van der Waals surface area contributed by atoms with Crippen LogP contribution in [-0.2, 0) is 16.0 Å². The van der Waals surface area contributed by atoms with Crippen molar-refractivity contribution in [2.24, 2.45) is 0 Å². The van der Waals surface area contributed by atoms with Crippen molar-refractivity contribution in [3.63, 3.8) is 0 Å². The van der Waals surface area contributed by atoms with Crippen molar-refractivity contribution in [3.05, 3.63) is 48.3 Å². The van der Waals surface area contributed by atoms with Crippen LogP contribution < -0.4 is 5.32 Å². The van der Waals surface area contributed by atoms with Crippen LogP contribution in [0.15, 0.2) is 42.7 Å². The molecule has 1 N–H and O–H groups in total. The lowest BCUT2D eigenvalue weighted by molar-refractivity contribution is -0.131. The molecule has 8 nitrogen and oxygen atoms in total. The van der Waals surface area contributed by atoms with E-state index in [2.05, 4.69) is 10.4 Å². The molecule has 0 radical (unpaired) electrons. The fraction of sp³-hybridized carbons (Fsp3) is 0.333. The topological polar surface area (TPSA) is 87.5 Å². The summed E-state index contributed by atoms with van der Waals surface area (Å²) < 4.78 is 1.78. The molecule has 1 aromatic carbocycles. The van der Waals surface area contributed by atoms with Crippen molar-refractivity contribution in [1.29, 1.82) is 0 Å². The number of amides is 4. The molecule has 1 saturated heterocycles. The zero-order chi connectivity index (χ0) is 18.7. The van der Waals surface area contributed by atoms with Crippen LogP contribution in [0.2, 0.25) is 0 Å². The number of hydrogen-bond acceptors (Lipinski definition) is 4. The summed E-state index contributed by atoms with van der Waals surface area (Å²) in [6.45, 7) is 0.438. The first-order chi connectivity index (χ1) is 12.5. The lowest BCUT2D eigenvalue weighted by Crippen LogP contribution is -2.37. The van der Waals surface area contributed by atoms with Gasteiger partial charge in [-0.05, 0) is 24.1 Å². The third-order valence-corrected chi connectivity index (χ3v) is 4.44. The summed E-state index contributed by atoms with van der Waals surface area (Å²) in [5.41, 5.74) is 1.97. The van der Waals surface area contributed by atoms with E-state index < -0.39 is 6.04 Å².